The second-order valence-electron chi connectivity index (χ2n) is 4.30. The van der Waals surface area contributed by atoms with E-state index in [1.54, 1.807) is 0 Å². The lowest BCUT2D eigenvalue weighted by atomic mass is 10.1. The van der Waals surface area contributed by atoms with Gasteiger partial charge in [-0.15, -0.1) is 0 Å². The van der Waals surface area contributed by atoms with E-state index in [0.29, 0.717) is 28.8 Å². The number of thiocarbonyl (C=S) groups is 1. The molecule has 0 radical (unpaired) electrons. The Bertz CT molecular complexity index is 626. The van der Waals surface area contributed by atoms with Gasteiger partial charge in [0, 0.05) is 0 Å². The minimum absolute atomic E-state index is 0.317. The third-order valence-corrected chi connectivity index (χ3v) is 3.06. The first-order valence-corrected chi connectivity index (χ1v) is 6.83. The highest BCUT2D eigenvalue weighted by Gasteiger charge is 2.12. The molecular weight excluding hydrogens is 270 g/mol. The molecular formula is C16H17NO2S. The Labute approximate surface area is 124 Å². The SMILES string of the molecule is CCOc1ccccc1Oc1c(C)cccc1C(N)=S. The van der Waals surface area contributed by atoms with Gasteiger partial charge in [-0.3, -0.25) is 0 Å². The van der Waals surface area contributed by atoms with Crippen LogP contribution in [-0.4, -0.2) is 11.6 Å². The van der Waals surface area contributed by atoms with Crippen molar-refractivity contribution in [1.82, 2.24) is 0 Å². The molecule has 0 saturated heterocycles. The van der Waals surface area contributed by atoms with Gasteiger partial charge in [0.1, 0.15) is 10.7 Å². The summed E-state index contributed by atoms with van der Waals surface area (Å²) in [5.41, 5.74) is 7.46. The number of para-hydroxylation sites is 3. The molecule has 3 nitrogen and oxygen atoms in total. The number of rotatable bonds is 5. The van der Waals surface area contributed by atoms with E-state index in [1.807, 2.05) is 56.3 Å². The van der Waals surface area contributed by atoms with Crippen LogP contribution in [0.1, 0.15) is 18.1 Å². The number of hydrogen-bond donors (Lipinski definition) is 1. The fraction of sp³-hybridized carbons (Fsp3) is 0.188. The summed E-state index contributed by atoms with van der Waals surface area (Å²) in [5, 5.41) is 0. The van der Waals surface area contributed by atoms with Gasteiger partial charge < -0.3 is 15.2 Å². The smallest absolute Gasteiger partial charge is 0.169 e. The molecule has 0 aliphatic heterocycles. The average molecular weight is 287 g/mol. The maximum atomic E-state index is 5.99. The van der Waals surface area contributed by atoms with Gasteiger partial charge >= 0.3 is 0 Å². The molecule has 0 aliphatic rings. The molecule has 2 aromatic rings. The van der Waals surface area contributed by atoms with E-state index in [1.165, 1.54) is 0 Å². The predicted molar refractivity (Wildman–Crippen MR) is 84.8 cm³/mol. The van der Waals surface area contributed by atoms with Crippen LogP contribution in [0.25, 0.3) is 0 Å². The fourth-order valence-electron chi connectivity index (χ4n) is 1.90. The minimum Gasteiger partial charge on any atom is -0.490 e. The van der Waals surface area contributed by atoms with E-state index in [9.17, 15) is 0 Å². The summed E-state index contributed by atoms with van der Waals surface area (Å²) in [7, 11) is 0. The van der Waals surface area contributed by atoms with Crippen molar-refractivity contribution in [2.75, 3.05) is 6.61 Å². The molecule has 2 aromatic carbocycles. The monoisotopic (exact) mass is 287 g/mol. The summed E-state index contributed by atoms with van der Waals surface area (Å²) in [5.74, 6) is 2.03. The lowest BCUT2D eigenvalue weighted by Gasteiger charge is -2.15. The molecule has 4 heteroatoms. The zero-order chi connectivity index (χ0) is 14.5. The van der Waals surface area contributed by atoms with Gasteiger partial charge in [0.15, 0.2) is 11.5 Å². The van der Waals surface area contributed by atoms with Crippen LogP contribution in [0.5, 0.6) is 17.2 Å². The van der Waals surface area contributed by atoms with Crippen molar-refractivity contribution in [3.63, 3.8) is 0 Å². The highest BCUT2D eigenvalue weighted by atomic mass is 32.1. The molecule has 0 unspecified atom stereocenters. The van der Waals surface area contributed by atoms with Crippen molar-refractivity contribution in [2.24, 2.45) is 5.73 Å². The van der Waals surface area contributed by atoms with Crippen LogP contribution in [0.2, 0.25) is 0 Å². The first-order valence-electron chi connectivity index (χ1n) is 6.42. The van der Waals surface area contributed by atoms with Crippen molar-refractivity contribution >= 4 is 17.2 Å². The molecule has 0 amide bonds. The van der Waals surface area contributed by atoms with Crippen LogP contribution in [0.15, 0.2) is 42.5 Å². The topological polar surface area (TPSA) is 44.5 Å². The van der Waals surface area contributed by atoms with Crippen LogP contribution in [0, 0.1) is 6.92 Å². The Hall–Kier alpha value is -2.07. The van der Waals surface area contributed by atoms with E-state index in [0.717, 1.165) is 11.1 Å². The Balaban J connectivity index is 2.42. The van der Waals surface area contributed by atoms with Gasteiger partial charge in [0.2, 0.25) is 0 Å². The Morgan fingerprint density at radius 3 is 2.45 bits per heavy atom. The highest BCUT2D eigenvalue weighted by Crippen LogP contribution is 2.34. The molecule has 20 heavy (non-hydrogen) atoms. The molecule has 0 saturated carbocycles. The quantitative estimate of drug-likeness (QED) is 0.849. The summed E-state index contributed by atoms with van der Waals surface area (Å²) in [6.07, 6.45) is 0. The fourth-order valence-corrected chi connectivity index (χ4v) is 2.06. The molecule has 0 heterocycles. The van der Waals surface area contributed by atoms with Crippen molar-refractivity contribution in [2.45, 2.75) is 13.8 Å². The number of aryl methyl sites for hydroxylation is 1. The normalized spacial score (nSPS) is 10.1. The number of hydrogen-bond acceptors (Lipinski definition) is 3. The van der Waals surface area contributed by atoms with Crippen LogP contribution in [0.4, 0.5) is 0 Å². The van der Waals surface area contributed by atoms with Crippen molar-refractivity contribution < 1.29 is 9.47 Å². The molecule has 0 spiro atoms. The van der Waals surface area contributed by atoms with Gasteiger partial charge in [-0.05, 0) is 37.6 Å². The third kappa shape index (κ3) is 3.08. The van der Waals surface area contributed by atoms with Crippen LogP contribution in [-0.2, 0) is 0 Å². The van der Waals surface area contributed by atoms with E-state index >= 15 is 0 Å². The van der Waals surface area contributed by atoms with E-state index in [2.05, 4.69) is 0 Å². The molecule has 104 valence electrons. The minimum atomic E-state index is 0.317. The molecule has 2 rings (SSSR count). The van der Waals surface area contributed by atoms with Crippen molar-refractivity contribution in [3.8, 4) is 17.2 Å². The van der Waals surface area contributed by atoms with Gasteiger partial charge in [-0.2, -0.15) is 0 Å². The Kier molecular flexibility index (Phi) is 4.58. The van der Waals surface area contributed by atoms with E-state index in [4.69, 9.17) is 27.4 Å². The summed E-state index contributed by atoms with van der Waals surface area (Å²) >= 11 is 5.08. The van der Waals surface area contributed by atoms with Crippen LogP contribution < -0.4 is 15.2 Å². The lowest BCUT2D eigenvalue weighted by Crippen LogP contribution is -2.11. The Morgan fingerprint density at radius 2 is 1.80 bits per heavy atom. The van der Waals surface area contributed by atoms with Crippen LogP contribution >= 0.6 is 12.2 Å². The largest absolute Gasteiger partial charge is 0.490 e. The molecule has 0 aliphatic carbocycles. The van der Waals surface area contributed by atoms with E-state index < -0.39 is 0 Å². The number of ether oxygens (including phenoxy) is 2. The summed E-state index contributed by atoms with van der Waals surface area (Å²) in [4.78, 5) is 0.317. The van der Waals surface area contributed by atoms with Gasteiger partial charge in [0.05, 0.1) is 12.2 Å². The number of nitrogens with two attached hydrogens (primary N) is 1. The first kappa shape index (κ1) is 14.3. The molecule has 0 bridgehead atoms. The molecule has 0 atom stereocenters. The molecule has 0 aromatic heterocycles. The first-order chi connectivity index (χ1) is 9.63. The Morgan fingerprint density at radius 1 is 1.10 bits per heavy atom. The summed E-state index contributed by atoms with van der Waals surface area (Å²) in [6.45, 7) is 4.47. The second-order valence-corrected chi connectivity index (χ2v) is 4.74. The zero-order valence-corrected chi connectivity index (χ0v) is 12.4. The second kappa shape index (κ2) is 6.39. The third-order valence-electron chi connectivity index (χ3n) is 2.84. The maximum Gasteiger partial charge on any atom is 0.169 e. The molecule has 2 N–H and O–H groups in total. The predicted octanol–water partition coefficient (Wildman–Crippen LogP) is 3.82. The summed E-state index contributed by atoms with van der Waals surface area (Å²) in [6, 6.07) is 13.3. The van der Waals surface area contributed by atoms with Gasteiger partial charge in [-0.25, -0.2) is 0 Å². The van der Waals surface area contributed by atoms with Crippen LogP contribution in [0.3, 0.4) is 0 Å². The molecule has 0 fully saturated rings. The maximum absolute atomic E-state index is 5.99. The highest BCUT2D eigenvalue weighted by molar-refractivity contribution is 7.80. The average Bonchev–Trinajstić information content (AvgIpc) is 2.43. The van der Waals surface area contributed by atoms with E-state index in [-0.39, 0.29) is 0 Å². The number of benzene rings is 2. The zero-order valence-electron chi connectivity index (χ0n) is 11.6. The van der Waals surface area contributed by atoms with Crippen molar-refractivity contribution in [3.05, 3.63) is 53.6 Å². The van der Waals surface area contributed by atoms with Gasteiger partial charge in [0.25, 0.3) is 0 Å². The van der Waals surface area contributed by atoms with Gasteiger partial charge in [-0.1, -0.05) is 36.5 Å². The standard InChI is InChI=1S/C16H17NO2S/c1-3-18-13-9-4-5-10-14(13)19-15-11(2)7-6-8-12(15)16(17)20/h4-10H,3H2,1-2H3,(H2,17,20). The lowest BCUT2D eigenvalue weighted by molar-refractivity contribution is 0.321. The van der Waals surface area contributed by atoms with Crippen molar-refractivity contribution in [1.29, 1.82) is 0 Å². The summed E-state index contributed by atoms with van der Waals surface area (Å²) < 4.78 is 11.6.